The number of anilines is 1. The third-order valence-electron chi connectivity index (χ3n) is 4.58. The van der Waals surface area contributed by atoms with Crippen molar-refractivity contribution in [2.75, 3.05) is 11.9 Å². The molecule has 24 heavy (non-hydrogen) atoms. The van der Waals surface area contributed by atoms with E-state index in [2.05, 4.69) is 20.1 Å². The van der Waals surface area contributed by atoms with E-state index in [4.69, 9.17) is 4.74 Å². The number of para-hydroxylation sites is 1. The number of fused-ring (bicyclic) bond motifs is 4. The van der Waals surface area contributed by atoms with Gasteiger partial charge in [-0.3, -0.25) is 4.79 Å². The summed E-state index contributed by atoms with van der Waals surface area (Å²) in [6.45, 7) is 0.488. The highest BCUT2D eigenvalue weighted by Crippen LogP contribution is 2.43. The van der Waals surface area contributed by atoms with Crippen LogP contribution in [0.3, 0.4) is 0 Å². The van der Waals surface area contributed by atoms with E-state index in [9.17, 15) is 4.79 Å². The van der Waals surface area contributed by atoms with Crippen LogP contribution >= 0.6 is 11.7 Å². The van der Waals surface area contributed by atoms with Gasteiger partial charge in [0.05, 0.1) is 11.7 Å². The number of hydrogen-bond acceptors (Lipinski definition) is 5. The number of carbonyl (C=O) groups excluding carboxylic acids is 1. The van der Waals surface area contributed by atoms with Crippen molar-refractivity contribution in [1.82, 2.24) is 8.75 Å². The highest BCUT2D eigenvalue weighted by atomic mass is 32.1. The van der Waals surface area contributed by atoms with Gasteiger partial charge in [-0.05, 0) is 29.8 Å². The molecule has 2 aromatic carbocycles. The van der Waals surface area contributed by atoms with Crippen molar-refractivity contribution in [3.8, 4) is 5.75 Å². The molecule has 2 aliphatic heterocycles. The first-order valence-electron chi connectivity index (χ1n) is 7.77. The Labute approximate surface area is 142 Å². The average Bonchev–Trinajstić information content (AvgIpc) is 3.09. The molecule has 5 nitrogen and oxygen atoms in total. The van der Waals surface area contributed by atoms with Crippen LogP contribution in [0.2, 0.25) is 0 Å². The molecule has 3 heterocycles. The summed E-state index contributed by atoms with van der Waals surface area (Å²) in [5.41, 5.74) is 5.78. The maximum atomic E-state index is 12.2. The number of hydrogen-bond donors (Lipinski definition) is 1. The molecule has 0 fully saturated rings. The molecule has 0 aliphatic carbocycles. The second kappa shape index (κ2) is 5.14. The maximum absolute atomic E-state index is 12.2. The minimum atomic E-state index is -0.0327. The highest BCUT2D eigenvalue weighted by Gasteiger charge is 2.32. The van der Waals surface area contributed by atoms with E-state index in [0.717, 1.165) is 39.2 Å². The molecule has 0 spiro atoms. The van der Waals surface area contributed by atoms with Gasteiger partial charge in [-0.15, -0.1) is 0 Å². The summed E-state index contributed by atoms with van der Waals surface area (Å²) in [4.78, 5) is 12.2. The molecule has 0 saturated carbocycles. The van der Waals surface area contributed by atoms with Crippen molar-refractivity contribution in [3.63, 3.8) is 0 Å². The zero-order valence-electron chi connectivity index (χ0n) is 12.7. The van der Waals surface area contributed by atoms with Gasteiger partial charge >= 0.3 is 0 Å². The average molecular weight is 335 g/mol. The largest absolute Gasteiger partial charge is 0.489 e. The molecule has 118 valence electrons. The normalized spacial score (nSPS) is 19.1. The number of carbonyl (C=O) groups is 1. The lowest BCUT2D eigenvalue weighted by Gasteiger charge is -2.29. The lowest BCUT2D eigenvalue weighted by molar-refractivity contribution is -0.116. The number of nitrogens with zero attached hydrogens (tertiary/aromatic N) is 2. The smallest absolute Gasteiger partial charge is 0.225 e. The zero-order chi connectivity index (χ0) is 16.1. The van der Waals surface area contributed by atoms with Crippen molar-refractivity contribution in [2.45, 2.75) is 12.3 Å². The van der Waals surface area contributed by atoms with E-state index in [-0.39, 0.29) is 11.8 Å². The Morgan fingerprint density at radius 3 is 3.04 bits per heavy atom. The van der Waals surface area contributed by atoms with Crippen molar-refractivity contribution < 1.29 is 9.53 Å². The first-order chi connectivity index (χ1) is 11.8. The first kappa shape index (κ1) is 13.7. The van der Waals surface area contributed by atoms with E-state index in [1.165, 1.54) is 11.7 Å². The summed E-state index contributed by atoms with van der Waals surface area (Å²) in [6.07, 6.45) is 2.55. The van der Waals surface area contributed by atoms with Crippen LogP contribution in [-0.4, -0.2) is 21.3 Å². The van der Waals surface area contributed by atoms with Crippen molar-refractivity contribution >= 4 is 40.4 Å². The number of ether oxygens (including phenoxy) is 1. The van der Waals surface area contributed by atoms with Gasteiger partial charge in [-0.25, -0.2) is 0 Å². The van der Waals surface area contributed by atoms with Crippen LogP contribution in [-0.2, 0) is 4.79 Å². The summed E-state index contributed by atoms with van der Waals surface area (Å²) < 4.78 is 14.7. The van der Waals surface area contributed by atoms with E-state index < -0.39 is 0 Å². The van der Waals surface area contributed by atoms with Gasteiger partial charge in [0, 0.05) is 29.2 Å². The summed E-state index contributed by atoms with van der Waals surface area (Å²) >= 11 is 1.20. The second-order valence-electron chi connectivity index (χ2n) is 6.01. The number of rotatable bonds is 1. The molecule has 5 rings (SSSR count). The fourth-order valence-corrected chi connectivity index (χ4v) is 4.02. The van der Waals surface area contributed by atoms with Gasteiger partial charge < -0.3 is 10.1 Å². The summed E-state index contributed by atoms with van der Waals surface area (Å²) in [6, 6.07) is 11.8. The van der Waals surface area contributed by atoms with Crippen LogP contribution in [0.25, 0.3) is 17.1 Å². The van der Waals surface area contributed by atoms with Gasteiger partial charge in [-0.1, -0.05) is 18.2 Å². The van der Waals surface area contributed by atoms with Gasteiger partial charge in [0.25, 0.3) is 0 Å². The van der Waals surface area contributed by atoms with Gasteiger partial charge in [-0.2, -0.15) is 8.75 Å². The topological polar surface area (TPSA) is 64.1 Å². The Morgan fingerprint density at radius 2 is 2.08 bits per heavy atom. The molecule has 0 saturated heterocycles. The van der Waals surface area contributed by atoms with Crippen LogP contribution in [0, 0.1) is 0 Å². The Morgan fingerprint density at radius 1 is 1.17 bits per heavy atom. The van der Waals surface area contributed by atoms with Crippen molar-refractivity contribution in [3.05, 3.63) is 53.1 Å². The lowest BCUT2D eigenvalue weighted by atomic mass is 9.82. The molecule has 6 heteroatoms. The molecular weight excluding hydrogens is 322 g/mol. The SMILES string of the molecule is O=C1C[C@@H](C2=Cc3ccccc3OC2)c2c(ccc3nsnc23)N1. The minimum Gasteiger partial charge on any atom is -0.489 e. The molecule has 0 unspecified atom stereocenters. The zero-order valence-corrected chi connectivity index (χ0v) is 13.5. The van der Waals surface area contributed by atoms with E-state index >= 15 is 0 Å². The van der Waals surface area contributed by atoms with Crippen LogP contribution < -0.4 is 10.1 Å². The first-order valence-corrected chi connectivity index (χ1v) is 8.50. The number of nitrogens with one attached hydrogen (secondary N) is 1. The number of aromatic nitrogens is 2. The molecule has 3 aromatic rings. The fourth-order valence-electron chi connectivity index (χ4n) is 3.47. The Hall–Kier alpha value is -2.73. The van der Waals surface area contributed by atoms with Gasteiger partial charge in [0.15, 0.2) is 0 Å². The van der Waals surface area contributed by atoms with E-state index in [0.29, 0.717) is 13.0 Å². The summed E-state index contributed by atoms with van der Waals surface area (Å²) in [5.74, 6) is 0.875. The number of amides is 1. The molecular formula is C18H13N3O2S. The monoisotopic (exact) mass is 335 g/mol. The van der Waals surface area contributed by atoms with E-state index in [1.54, 1.807) is 0 Å². The van der Waals surface area contributed by atoms with Gasteiger partial charge in [0.1, 0.15) is 23.4 Å². The lowest BCUT2D eigenvalue weighted by Crippen LogP contribution is -2.26. The predicted molar refractivity (Wildman–Crippen MR) is 93.3 cm³/mol. The minimum absolute atomic E-state index is 0.0230. The predicted octanol–water partition coefficient (Wildman–Crippen LogP) is 3.59. The molecule has 0 radical (unpaired) electrons. The van der Waals surface area contributed by atoms with Crippen molar-refractivity contribution in [1.29, 1.82) is 0 Å². The molecule has 1 atom stereocenters. The number of benzene rings is 2. The standard InChI is InChI=1S/C18H13N3O2S/c22-16-8-12(11-7-10-3-1-2-4-15(10)23-9-11)17-13(19-16)5-6-14-18(17)21-24-20-14/h1-7,12H,8-9H2,(H,19,22)/t12-/m0/s1. The molecule has 1 N–H and O–H groups in total. The van der Waals surface area contributed by atoms with Crippen LogP contribution in [0.15, 0.2) is 42.0 Å². The quantitative estimate of drug-likeness (QED) is 0.738. The Kier molecular flexibility index (Phi) is 2.93. The maximum Gasteiger partial charge on any atom is 0.225 e. The van der Waals surface area contributed by atoms with Crippen LogP contribution in [0.1, 0.15) is 23.5 Å². The van der Waals surface area contributed by atoms with Crippen LogP contribution in [0.5, 0.6) is 5.75 Å². The molecule has 0 bridgehead atoms. The summed E-state index contributed by atoms with van der Waals surface area (Å²) in [7, 11) is 0. The molecule has 1 aromatic heterocycles. The third kappa shape index (κ3) is 2.03. The molecule has 1 amide bonds. The van der Waals surface area contributed by atoms with Crippen molar-refractivity contribution in [2.24, 2.45) is 0 Å². The van der Waals surface area contributed by atoms with Crippen LogP contribution in [0.4, 0.5) is 5.69 Å². The highest BCUT2D eigenvalue weighted by molar-refractivity contribution is 7.00. The third-order valence-corrected chi connectivity index (χ3v) is 5.12. The Balaban J connectivity index is 1.69. The Bertz CT molecular complexity index is 1010. The fraction of sp³-hybridized carbons (Fsp3) is 0.167. The van der Waals surface area contributed by atoms with E-state index in [1.807, 2.05) is 36.4 Å². The van der Waals surface area contributed by atoms with Gasteiger partial charge in [0.2, 0.25) is 5.91 Å². The molecule has 2 aliphatic rings. The summed E-state index contributed by atoms with van der Waals surface area (Å²) in [5, 5.41) is 2.96. The second-order valence-corrected chi connectivity index (χ2v) is 6.54.